The maximum atomic E-state index is 12.9. The molecule has 0 saturated carbocycles. The summed E-state index contributed by atoms with van der Waals surface area (Å²) in [4.78, 5) is 39.0. The second-order valence-electron chi connectivity index (χ2n) is 9.76. The molecule has 1 aliphatic rings. The molecule has 2 heterocycles. The summed E-state index contributed by atoms with van der Waals surface area (Å²) in [5, 5.41) is 15.9. The van der Waals surface area contributed by atoms with Gasteiger partial charge in [0.1, 0.15) is 5.00 Å². The molecule has 4 N–H and O–H groups in total. The number of carbonyl (C=O) groups excluding carboxylic acids is 3. The van der Waals surface area contributed by atoms with Gasteiger partial charge in [0.25, 0.3) is 11.8 Å². The van der Waals surface area contributed by atoms with Gasteiger partial charge in [0.05, 0.1) is 17.4 Å². The molecule has 1 aromatic carbocycles. The normalized spacial score (nSPS) is 13.7. The molecule has 0 saturated heterocycles. The quantitative estimate of drug-likeness (QED) is 0.316. The van der Waals surface area contributed by atoms with Crippen molar-refractivity contribution in [3.8, 4) is 0 Å². The van der Waals surface area contributed by atoms with Crippen LogP contribution in [0, 0.1) is 12.8 Å². The van der Waals surface area contributed by atoms with Gasteiger partial charge in [0, 0.05) is 17.0 Å². The van der Waals surface area contributed by atoms with Gasteiger partial charge in [-0.2, -0.15) is 0 Å². The number of nitrogens with one attached hydrogen (secondary N) is 2. The zero-order valence-corrected chi connectivity index (χ0v) is 23.8. The molecule has 0 fully saturated rings. The van der Waals surface area contributed by atoms with Crippen molar-refractivity contribution in [2.75, 3.05) is 11.1 Å². The van der Waals surface area contributed by atoms with Crippen LogP contribution >= 0.6 is 23.1 Å². The van der Waals surface area contributed by atoms with E-state index in [-0.39, 0.29) is 29.5 Å². The third-order valence-corrected chi connectivity index (χ3v) is 8.78. The topological polar surface area (TPSA) is 132 Å². The zero-order chi connectivity index (χ0) is 27.4. The number of rotatable bonds is 10. The lowest BCUT2D eigenvalue weighted by Crippen LogP contribution is -2.33. The molecule has 9 nitrogen and oxygen atoms in total. The molecule has 4 rings (SSSR count). The standard InChI is InChI=1S/C27H34N6O3S2/c1-5-33-24(22(15(2)3)30-25(36)17-12-10-16(4)11-13-17)31-32-27(33)37-14-20(34)29-26-21(23(28)35)18-8-6-7-9-19(18)38-26/h10-13,15,22H,5-9,14H2,1-4H3,(H2,28,35)(H,29,34)(H,30,36)/t22-/m0/s1. The first kappa shape index (κ1) is 27.8. The second-order valence-corrected chi connectivity index (χ2v) is 11.8. The summed E-state index contributed by atoms with van der Waals surface area (Å²) < 4.78 is 1.93. The number of anilines is 1. The number of hydrogen-bond donors (Lipinski definition) is 3. The molecule has 202 valence electrons. The number of benzene rings is 1. The lowest BCUT2D eigenvalue weighted by Gasteiger charge is -2.22. The molecule has 2 aromatic heterocycles. The van der Waals surface area contributed by atoms with Crippen LogP contribution in [0.4, 0.5) is 5.00 Å². The minimum atomic E-state index is -0.505. The Hall–Kier alpha value is -3.18. The van der Waals surface area contributed by atoms with Gasteiger partial charge in [-0.1, -0.05) is 43.3 Å². The highest BCUT2D eigenvalue weighted by Crippen LogP contribution is 2.38. The highest BCUT2D eigenvalue weighted by atomic mass is 32.2. The lowest BCUT2D eigenvalue weighted by atomic mass is 9.95. The number of nitrogens with zero attached hydrogens (tertiary/aromatic N) is 3. The Morgan fingerprint density at radius 2 is 1.84 bits per heavy atom. The number of thiophene rings is 1. The van der Waals surface area contributed by atoms with E-state index in [1.807, 2.05) is 44.4 Å². The van der Waals surface area contributed by atoms with Crippen molar-refractivity contribution in [3.05, 3.63) is 57.2 Å². The van der Waals surface area contributed by atoms with Gasteiger partial charge in [-0.25, -0.2) is 0 Å². The number of amides is 3. The molecule has 38 heavy (non-hydrogen) atoms. The van der Waals surface area contributed by atoms with Gasteiger partial charge in [0.15, 0.2) is 11.0 Å². The average molecular weight is 555 g/mol. The fourth-order valence-corrected chi connectivity index (χ4v) is 6.72. The summed E-state index contributed by atoms with van der Waals surface area (Å²) in [5.41, 5.74) is 8.76. The van der Waals surface area contributed by atoms with E-state index in [1.165, 1.54) is 23.1 Å². The van der Waals surface area contributed by atoms with Gasteiger partial charge in [0.2, 0.25) is 5.91 Å². The largest absolute Gasteiger partial charge is 0.365 e. The van der Waals surface area contributed by atoms with Crippen molar-refractivity contribution in [2.24, 2.45) is 11.7 Å². The highest BCUT2D eigenvalue weighted by Gasteiger charge is 2.27. The fraction of sp³-hybridized carbons (Fsp3) is 0.444. The summed E-state index contributed by atoms with van der Waals surface area (Å²) in [6.45, 7) is 8.58. The maximum absolute atomic E-state index is 12.9. The Kier molecular flexibility index (Phi) is 8.88. The monoisotopic (exact) mass is 554 g/mol. The van der Waals surface area contributed by atoms with Crippen LogP contribution in [-0.4, -0.2) is 38.2 Å². The molecule has 0 unspecified atom stereocenters. The van der Waals surface area contributed by atoms with Crippen LogP contribution < -0.4 is 16.4 Å². The number of primary amides is 1. The van der Waals surface area contributed by atoms with Crippen LogP contribution in [-0.2, 0) is 24.2 Å². The van der Waals surface area contributed by atoms with Gasteiger partial charge < -0.3 is 20.9 Å². The maximum Gasteiger partial charge on any atom is 0.251 e. The van der Waals surface area contributed by atoms with E-state index in [1.54, 1.807) is 12.1 Å². The van der Waals surface area contributed by atoms with Crippen LogP contribution in [0.1, 0.15) is 82.2 Å². The summed E-state index contributed by atoms with van der Waals surface area (Å²) in [7, 11) is 0. The number of aromatic nitrogens is 3. The fourth-order valence-electron chi connectivity index (χ4n) is 4.60. The minimum Gasteiger partial charge on any atom is -0.365 e. The molecule has 3 amide bonds. The van der Waals surface area contributed by atoms with Crippen LogP contribution in [0.25, 0.3) is 0 Å². The number of aryl methyl sites for hydroxylation is 2. The SMILES string of the molecule is CCn1c(SCC(=O)Nc2sc3c(c2C(N)=O)CCCC3)nnc1[C@@H](NC(=O)c1ccc(C)cc1)C(C)C. The van der Waals surface area contributed by atoms with Crippen LogP contribution in [0.5, 0.6) is 0 Å². The van der Waals surface area contributed by atoms with E-state index < -0.39 is 5.91 Å². The van der Waals surface area contributed by atoms with Gasteiger partial charge in [-0.05, 0) is 63.1 Å². The lowest BCUT2D eigenvalue weighted by molar-refractivity contribution is -0.113. The number of fused-ring (bicyclic) bond motifs is 1. The number of hydrogen-bond acceptors (Lipinski definition) is 7. The van der Waals surface area contributed by atoms with Gasteiger partial charge >= 0.3 is 0 Å². The third-order valence-electron chi connectivity index (χ3n) is 6.61. The molecule has 1 aliphatic carbocycles. The van der Waals surface area contributed by atoms with E-state index in [9.17, 15) is 14.4 Å². The van der Waals surface area contributed by atoms with Crippen molar-refractivity contribution in [1.29, 1.82) is 0 Å². The van der Waals surface area contributed by atoms with Crippen LogP contribution in [0.2, 0.25) is 0 Å². The molecule has 0 bridgehead atoms. The summed E-state index contributed by atoms with van der Waals surface area (Å²) in [6, 6.07) is 7.08. The Bertz CT molecular complexity index is 1330. The molecule has 0 aliphatic heterocycles. The van der Waals surface area contributed by atoms with E-state index in [4.69, 9.17) is 5.73 Å². The zero-order valence-electron chi connectivity index (χ0n) is 22.2. The molecule has 11 heteroatoms. The average Bonchev–Trinajstić information content (AvgIpc) is 3.46. The van der Waals surface area contributed by atoms with Gasteiger partial charge in [-0.15, -0.1) is 21.5 Å². The van der Waals surface area contributed by atoms with E-state index in [0.29, 0.717) is 33.7 Å². The van der Waals surface area contributed by atoms with E-state index >= 15 is 0 Å². The number of carbonyl (C=O) groups is 3. The summed E-state index contributed by atoms with van der Waals surface area (Å²) in [6.07, 6.45) is 3.82. The molecule has 0 spiro atoms. The first-order chi connectivity index (χ1) is 18.2. The van der Waals surface area contributed by atoms with Crippen molar-refractivity contribution in [2.45, 2.75) is 71.1 Å². The van der Waals surface area contributed by atoms with Crippen molar-refractivity contribution in [1.82, 2.24) is 20.1 Å². The Morgan fingerprint density at radius 1 is 1.13 bits per heavy atom. The van der Waals surface area contributed by atoms with Crippen molar-refractivity contribution < 1.29 is 14.4 Å². The van der Waals surface area contributed by atoms with E-state index in [0.717, 1.165) is 41.7 Å². The molecular formula is C27H34N6O3S2. The molecule has 1 atom stereocenters. The Labute approximate surface area is 231 Å². The summed E-state index contributed by atoms with van der Waals surface area (Å²) >= 11 is 2.72. The predicted octanol–water partition coefficient (Wildman–Crippen LogP) is 4.50. The van der Waals surface area contributed by atoms with Crippen LogP contribution in [0.15, 0.2) is 29.4 Å². The molecular weight excluding hydrogens is 520 g/mol. The van der Waals surface area contributed by atoms with Crippen LogP contribution in [0.3, 0.4) is 0 Å². The number of nitrogens with two attached hydrogens (primary N) is 1. The smallest absolute Gasteiger partial charge is 0.251 e. The minimum absolute atomic E-state index is 0.0668. The van der Waals surface area contributed by atoms with E-state index in [2.05, 4.69) is 20.8 Å². The first-order valence-corrected chi connectivity index (χ1v) is 14.7. The molecule has 0 radical (unpaired) electrons. The highest BCUT2D eigenvalue weighted by molar-refractivity contribution is 7.99. The van der Waals surface area contributed by atoms with Crippen molar-refractivity contribution in [3.63, 3.8) is 0 Å². The first-order valence-electron chi connectivity index (χ1n) is 12.9. The van der Waals surface area contributed by atoms with Crippen molar-refractivity contribution >= 4 is 45.8 Å². The third kappa shape index (κ3) is 6.10. The molecule has 3 aromatic rings. The van der Waals surface area contributed by atoms with Gasteiger partial charge in [-0.3, -0.25) is 14.4 Å². The predicted molar refractivity (Wildman–Crippen MR) is 151 cm³/mol. The Morgan fingerprint density at radius 3 is 2.50 bits per heavy atom. The Balaban J connectivity index is 1.46. The number of thioether (sulfide) groups is 1. The second kappa shape index (κ2) is 12.1. The summed E-state index contributed by atoms with van der Waals surface area (Å²) in [5.74, 6) is -0.107.